The van der Waals surface area contributed by atoms with Crippen molar-refractivity contribution in [3.05, 3.63) is 51.0 Å². The van der Waals surface area contributed by atoms with Crippen molar-refractivity contribution in [3.63, 3.8) is 0 Å². The van der Waals surface area contributed by atoms with E-state index in [1.165, 1.54) is 6.07 Å². The molecule has 23 heavy (non-hydrogen) atoms. The van der Waals surface area contributed by atoms with Crippen molar-refractivity contribution in [2.24, 2.45) is 0 Å². The van der Waals surface area contributed by atoms with Crippen LogP contribution in [0.15, 0.2) is 34.8 Å². The molecule has 2 rings (SSSR count). The Kier molecular flexibility index (Phi) is 5.74. The molecule has 5 nitrogen and oxygen atoms in total. The van der Waals surface area contributed by atoms with Gasteiger partial charge in [0.05, 0.1) is 29.3 Å². The highest BCUT2D eigenvalue weighted by Crippen LogP contribution is 2.36. The number of methoxy groups -OCH3 is 2. The maximum atomic E-state index is 10.9. The van der Waals surface area contributed by atoms with E-state index >= 15 is 0 Å². The van der Waals surface area contributed by atoms with Crippen molar-refractivity contribution < 1.29 is 19.4 Å². The van der Waals surface area contributed by atoms with Crippen LogP contribution in [0.5, 0.6) is 11.5 Å². The first-order valence-corrected chi connectivity index (χ1v) is 7.80. The number of rotatable bonds is 6. The molecule has 0 spiro atoms. The smallest absolute Gasteiger partial charge is 0.337 e. The van der Waals surface area contributed by atoms with Crippen LogP contribution in [-0.2, 0) is 6.54 Å². The van der Waals surface area contributed by atoms with Gasteiger partial charge in [0, 0.05) is 12.2 Å². The van der Waals surface area contributed by atoms with Crippen molar-refractivity contribution >= 4 is 39.2 Å². The molecule has 0 bridgehead atoms. The molecule has 0 aromatic heterocycles. The predicted molar refractivity (Wildman–Crippen MR) is 93.0 cm³/mol. The maximum Gasteiger partial charge on any atom is 0.337 e. The highest BCUT2D eigenvalue weighted by molar-refractivity contribution is 9.10. The number of nitrogens with one attached hydrogen (secondary N) is 1. The van der Waals surface area contributed by atoms with E-state index in [9.17, 15) is 4.79 Å². The number of carboxylic acid groups (broad SMARTS) is 1. The first-order valence-electron chi connectivity index (χ1n) is 6.63. The third-order valence-electron chi connectivity index (χ3n) is 3.19. The molecule has 0 fully saturated rings. The van der Waals surface area contributed by atoms with Gasteiger partial charge in [0.1, 0.15) is 0 Å². The molecule has 7 heteroatoms. The number of carboxylic acids is 1. The van der Waals surface area contributed by atoms with E-state index in [-0.39, 0.29) is 10.6 Å². The molecule has 0 aliphatic rings. The summed E-state index contributed by atoms with van der Waals surface area (Å²) in [5, 5.41) is 12.3. The lowest BCUT2D eigenvalue weighted by atomic mass is 10.1. The molecular formula is C16H15BrClNO4. The quantitative estimate of drug-likeness (QED) is 0.751. The number of aromatic carboxylic acids is 1. The maximum absolute atomic E-state index is 10.9. The summed E-state index contributed by atoms with van der Waals surface area (Å²) < 4.78 is 11.4. The van der Waals surface area contributed by atoms with Crippen molar-refractivity contribution in [1.29, 1.82) is 0 Å². The normalized spacial score (nSPS) is 10.3. The SMILES string of the molecule is COc1cc(CNc2ccc(C(=O)O)c(Cl)c2)cc(Br)c1OC. The van der Waals surface area contributed by atoms with E-state index in [1.807, 2.05) is 12.1 Å². The van der Waals surface area contributed by atoms with Crippen LogP contribution in [0.3, 0.4) is 0 Å². The minimum atomic E-state index is -1.05. The third kappa shape index (κ3) is 4.09. The monoisotopic (exact) mass is 399 g/mol. The molecule has 0 amide bonds. The second-order valence-electron chi connectivity index (χ2n) is 4.67. The van der Waals surface area contributed by atoms with Crippen molar-refractivity contribution in [1.82, 2.24) is 0 Å². The lowest BCUT2D eigenvalue weighted by molar-refractivity contribution is 0.0697. The predicted octanol–water partition coefficient (Wildman–Crippen LogP) is 4.43. The summed E-state index contributed by atoms with van der Waals surface area (Å²) in [5.41, 5.74) is 1.77. The highest BCUT2D eigenvalue weighted by Gasteiger charge is 2.11. The van der Waals surface area contributed by atoms with Crippen LogP contribution in [0.1, 0.15) is 15.9 Å². The van der Waals surface area contributed by atoms with Gasteiger partial charge in [-0.3, -0.25) is 0 Å². The Bertz CT molecular complexity index is 736. The molecule has 0 aliphatic carbocycles. The molecule has 2 aromatic carbocycles. The van der Waals surface area contributed by atoms with Crippen molar-refractivity contribution in [2.45, 2.75) is 6.54 Å². The summed E-state index contributed by atoms with van der Waals surface area (Å²) in [4.78, 5) is 10.9. The van der Waals surface area contributed by atoms with Gasteiger partial charge < -0.3 is 19.9 Å². The Balaban J connectivity index is 2.16. The molecule has 0 saturated heterocycles. The summed E-state index contributed by atoms with van der Waals surface area (Å²) >= 11 is 9.40. The summed E-state index contributed by atoms with van der Waals surface area (Å²) in [6, 6.07) is 8.51. The van der Waals surface area contributed by atoms with E-state index in [0.717, 1.165) is 15.7 Å². The van der Waals surface area contributed by atoms with Crippen LogP contribution < -0.4 is 14.8 Å². The number of hydrogen-bond acceptors (Lipinski definition) is 4. The van der Waals surface area contributed by atoms with E-state index in [1.54, 1.807) is 26.4 Å². The molecule has 0 radical (unpaired) electrons. The standard InChI is InChI=1S/C16H15BrClNO4/c1-22-14-6-9(5-12(17)15(14)23-2)8-19-10-3-4-11(16(20)21)13(18)7-10/h3-7,19H,8H2,1-2H3,(H,20,21). The average molecular weight is 401 g/mol. The Labute approximate surface area is 147 Å². The van der Waals surface area contributed by atoms with Gasteiger partial charge in [-0.25, -0.2) is 4.79 Å². The Morgan fingerprint density at radius 2 is 2.00 bits per heavy atom. The Morgan fingerprint density at radius 3 is 2.57 bits per heavy atom. The zero-order valence-corrected chi connectivity index (χ0v) is 14.9. The van der Waals surface area contributed by atoms with Gasteiger partial charge in [-0.2, -0.15) is 0 Å². The van der Waals surface area contributed by atoms with Crippen LogP contribution in [0.4, 0.5) is 5.69 Å². The summed E-state index contributed by atoms with van der Waals surface area (Å²) in [5.74, 6) is 0.202. The van der Waals surface area contributed by atoms with Crippen molar-refractivity contribution in [2.75, 3.05) is 19.5 Å². The van der Waals surface area contributed by atoms with E-state index < -0.39 is 5.97 Å². The first kappa shape index (κ1) is 17.4. The fourth-order valence-electron chi connectivity index (χ4n) is 2.08. The summed E-state index contributed by atoms with van der Waals surface area (Å²) in [6.07, 6.45) is 0. The lowest BCUT2D eigenvalue weighted by Gasteiger charge is -2.13. The average Bonchev–Trinajstić information content (AvgIpc) is 2.51. The summed E-state index contributed by atoms with van der Waals surface area (Å²) in [7, 11) is 3.15. The molecule has 0 atom stereocenters. The van der Waals surface area contributed by atoms with Gasteiger partial charge in [-0.15, -0.1) is 0 Å². The van der Waals surface area contributed by atoms with E-state index in [0.29, 0.717) is 18.0 Å². The molecule has 2 N–H and O–H groups in total. The van der Waals surface area contributed by atoms with Crippen LogP contribution in [0, 0.1) is 0 Å². The van der Waals surface area contributed by atoms with Crippen LogP contribution in [0.25, 0.3) is 0 Å². The zero-order chi connectivity index (χ0) is 17.0. The van der Waals surface area contributed by atoms with Gasteiger partial charge in [0.2, 0.25) is 0 Å². The second kappa shape index (κ2) is 7.57. The number of halogens is 2. The van der Waals surface area contributed by atoms with E-state index in [2.05, 4.69) is 21.2 Å². The molecule has 0 aliphatic heterocycles. The molecule has 0 saturated carbocycles. The summed E-state index contributed by atoms with van der Waals surface area (Å²) in [6.45, 7) is 0.516. The zero-order valence-electron chi connectivity index (χ0n) is 12.5. The fourth-order valence-corrected chi connectivity index (χ4v) is 2.99. The number of benzene rings is 2. The Hall–Kier alpha value is -1.92. The topological polar surface area (TPSA) is 67.8 Å². The van der Waals surface area contributed by atoms with Gasteiger partial charge in [-0.05, 0) is 51.8 Å². The van der Waals surface area contributed by atoms with Gasteiger partial charge in [0.25, 0.3) is 0 Å². The number of hydrogen-bond donors (Lipinski definition) is 2. The van der Waals surface area contributed by atoms with Gasteiger partial charge in [0.15, 0.2) is 11.5 Å². The minimum Gasteiger partial charge on any atom is -0.493 e. The van der Waals surface area contributed by atoms with Crippen LogP contribution >= 0.6 is 27.5 Å². The third-order valence-corrected chi connectivity index (χ3v) is 4.09. The molecule has 0 heterocycles. The number of carbonyl (C=O) groups is 1. The molecule has 2 aromatic rings. The number of anilines is 1. The largest absolute Gasteiger partial charge is 0.493 e. The molecular weight excluding hydrogens is 386 g/mol. The second-order valence-corrected chi connectivity index (χ2v) is 5.93. The fraction of sp³-hybridized carbons (Fsp3) is 0.188. The molecule has 122 valence electrons. The first-order chi connectivity index (χ1) is 11.0. The van der Waals surface area contributed by atoms with Gasteiger partial charge in [-0.1, -0.05) is 11.6 Å². The lowest BCUT2D eigenvalue weighted by Crippen LogP contribution is -2.03. The van der Waals surface area contributed by atoms with Crippen LogP contribution in [-0.4, -0.2) is 25.3 Å². The van der Waals surface area contributed by atoms with Gasteiger partial charge >= 0.3 is 5.97 Å². The van der Waals surface area contributed by atoms with Crippen LogP contribution in [0.2, 0.25) is 5.02 Å². The minimum absolute atomic E-state index is 0.0751. The van der Waals surface area contributed by atoms with Crippen molar-refractivity contribution in [3.8, 4) is 11.5 Å². The molecule has 0 unspecified atom stereocenters. The Morgan fingerprint density at radius 1 is 1.26 bits per heavy atom. The highest BCUT2D eigenvalue weighted by atomic mass is 79.9. The number of ether oxygens (including phenoxy) is 2. The van der Waals surface area contributed by atoms with E-state index in [4.69, 9.17) is 26.2 Å².